The van der Waals surface area contributed by atoms with Crippen LogP contribution in [0.5, 0.6) is 0 Å². The summed E-state index contributed by atoms with van der Waals surface area (Å²) < 4.78 is 85.2. The summed E-state index contributed by atoms with van der Waals surface area (Å²) in [5.74, 6) is 0. The molecule has 4 aromatic rings. The molecule has 0 fully saturated rings. The van der Waals surface area contributed by atoms with Crippen LogP contribution in [0.15, 0.2) is 84.9 Å². The highest BCUT2D eigenvalue weighted by Crippen LogP contribution is 2.59. The van der Waals surface area contributed by atoms with Crippen LogP contribution in [-0.4, -0.2) is 12.4 Å². The summed E-state index contributed by atoms with van der Waals surface area (Å²) in [5.41, 5.74) is -0.997. The van der Waals surface area contributed by atoms with Gasteiger partial charge in [-0.1, -0.05) is 84.9 Å². The normalized spacial score (nSPS) is 16.5. The average molecular weight is 592 g/mol. The quantitative estimate of drug-likeness (QED) is 0.170. The van der Waals surface area contributed by atoms with Crippen molar-refractivity contribution < 1.29 is 31.1 Å². The topological polar surface area (TPSA) is 9.23 Å². The van der Waals surface area contributed by atoms with E-state index >= 15 is 0 Å². The molecule has 0 aromatic heterocycles. The van der Waals surface area contributed by atoms with E-state index in [9.17, 15) is 26.3 Å². The van der Waals surface area contributed by atoms with Gasteiger partial charge in [0, 0.05) is 11.1 Å². The summed E-state index contributed by atoms with van der Waals surface area (Å²) >= 11 is 5.10. The van der Waals surface area contributed by atoms with Crippen LogP contribution in [0.25, 0.3) is 21.5 Å². The first-order valence-electron chi connectivity index (χ1n) is 9.56. The number of ether oxygens (including phenoxy) is 1. The molecule has 172 valence electrons. The summed E-state index contributed by atoms with van der Waals surface area (Å²) in [6.45, 7) is 0. The van der Waals surface area contributed by atoms with Crippen LogP contribution in [0.3, 0.4) is 0 Å². The molecule has 0 radical (unpaired) electrons. The maximum Gasteiger partial charge on any atom is 0.432 e. The van der Waals surface area contributed by atoms with Crippen LogP contribution in [0.2, 0.25) is 0 Å². The standard InChI is InChI=1S/C24H14Br2F6O/c25-21(23(27,28)29,19-13-5-9-15-7-1-3-11-17(15)19)33-22(26,24(30,31)32)20-14-6-10-16-8-2-4-12-18(16)20/h1-14H. The summed E-state index contributed by atoms with van der Waals surface area (Å²) in [7, 11) is 0. The van der Waals surface area contributed by atoms with Gasteiger partial charge in [0.05, 0.1) is 0 Å². The number of benzene rings is 4. The molecule has 4 rings (SSSR count). The van der Waals surface area contributed by atoms with Gasteiger partial charge < -0.3 is 4.74 Å². The molecule has 0 saturated carbocycles. The van der Waals surface area contributed by atoms with E-state index in [0.717, 1.165) is 12.1 Å². The van der Waals surface area contributed by atoms with Gasteiger partial charge >= 0.3 is 12.4 Å². The number of hydrogen-bond acceptors (Lipinski definition) is 1. The van der Waals surface area contributed by atoms with Gasteiger partial charge in [-0.25, -0.2) is 0 Å². The van der Waals surface area contributed by atoms with Gasteiger partial charge in [0.2, 0.25) is 9.02 Å². The first-order chi connectivity index (χ1) is 15.4. The van der Waals surface area contributed by atoms with Crippen molar-refractivity contribution in [1.29, 1.82) is 0 Å². The molecule has 0 aliphatic rings. The predicted molar refractivity (Wildman–Crippen MR) is 122 cm³/mol. The second-order valence-electron chi connectivity index (χ2n) is 7.34. The molecule has 1 nitrogen and oxygen atoms in total. The Hall–Kier alpha value is -2.10. The minimum absolute atomic E-state index is 0.101. The van der Waals surface area contributed by atoms with Gasteiger partial charge in [-0.3, -0.25) is 0 Å². The van der Waals surface area contributed by atoms with E-state index < -0.39 is 32.5 Å². The molecule has 2 atom stereocenters. The first kappa shape index (κ1) is 24.0. The van der Waals surface area contributed by atoms with Gasteiger partial charge in [-0.05, 0) is 53.4 Å². The third-order valence-corrected chi connectivity index (χ3v) is 7.36. The lowest BCUT2D eigenvalue weighted by Crippen LogP contribution is -2.50. The fraction of sp³-hybridized carbons (Fsp3) is 0.167. The third-order valence-electron chi connectivity index (χ3n) is 5.28. The fourth-order valence-electron chi connectivity index (χ4n) is 3.74. The Balaban J connectivity index is 2.00. The van der Waals surface area contributed by atoms with Gasteiger partial charge in [0.15, 0.2) is 0 Å². The van der Waals surface area contributed by atoms with Crippen molar-refractivity contribution in [3.8, 4) is 0 Å². The number of halogens is 8. The molecule has 0 amide bonds. The highest BCUT2D eigenvalue weighted by molar-refractivity contribution is 9.10. The molecule has 4 aromatic carbocycles. The predicted octanol–water partition coefficient (Wildman–Crippen LogP) is 8.93. The van der Waals surface area contributed by atoms with Crippen molar-refractivity contribution in [2.24, 2.45) is 0 Å². The number of hydrogen-bond donors (Lipinski definition) is 0. The second kappa shape index (κ2) is 8.29. The molecule has 2 unspecified atom stereocenters. The smallest absolute Gasteiger partial charge is 0.319 e. The third kappa shape index (κ3) is 4.04. The minimum Gasteiger partial charge on any atom is -0.319 e. The van der Waals surface area contributed by atoms with Gasteiger partial charge in [-0.2, -0.15) is 26.3 Å². The monoisotopic (exact) mass is 590 g/mol. The van der Waals surface area contributed by atoms with E-state index in [1.807, 2.05) is 0 Å². The van der Waals surface area contributed by atoms with Crippen LogP contribution >= 0.6 is 31.9 Å². The van der Waals surface area contributed by atoms with E-state index in [1.165, 1.54) is 36.4 Å². The SMILES string of the molecule is FC(F)(F)C(Br)(OC(Br)(c1cccc2ccccc12)C(F)(F)F)c1cccc2ccccc12. The van der Waals surface area contributed by atoms with Crippen molar-refractivity contribution in [2.75, 3.05) is 0 Å². The average Bonchev–Trinajstić information content (AvgIpc) is 2.76. The van der Waals surface area contributed by atoms with Crippen LogP contribution in [0.1, 0.15) is 11.1 Å². The second-order valence-corrected chi connectivity index (χ2v) is 9.57. The Morgan fingerprint density at radius 3 is 1.18 bits per heavy atom. The summed E-state index contributed by atoms with van der Waals surface area (Å²) in [6, 6.07) is 20.2. The zero-order valence-electron chi connectivity index (χ0n) is 16.5. The van der Waals surface area contributed by atoms with E-state index in [4.69, 9.17) is 4.74 Å². The van der Waals surface area contributed by atoms with Crippen LogP contribution < -0.4 is 0 Å². The molecular weight excluding hydrogens is 578 g/mol. The van der Waals surface area contributed by atoms with Crippen LogP contribution in [-0.2, 0) is 13.8 Å². The van der Waals surface area contributed by atoms with Crippen molar-refractivity contribution in [3.05, 3.63) is 96.1 Å². The molecule has 0 aliphatic carbocycles. The fourth-order valence-corrected chi connectivity index (χ4v) is 5.13. The van der Waals surface area contributed by atoms with E-state index in [2.05, 4.69) is 31.9 Å². The maximum atomic E-state index is 14.5. The number of fused-ring (bicyclic) bond motifs is 2. The molecule has 0 aliphatic heterocycles. The number of rotatable bonds is 4. The molecule has 0 bridgehead atoms. The summed E-state index contributed by atoms with van der Waals surface area (Å²) in [4.78, 5) is 0. The lowest BCUT2D eigenvalue weighted by atomic mass is 9.97. The van der Waals surface area contributed by atoms with Crippen molar-refractivity contribution >= 4 is 53.4 Å². The largest absolute Gasteiger partial charge is 0.432 e. The molecule has 0 saturated heterocycles. The van der Waals surface area contributed by atoms with E-state index in [1.54, 1.807) is 36.4 Å². The van der Waals surface area contributed by atoms with Crippen molar-refractivity contribution in [1.82, 2.24) is 0 Å². The zero-order chi connectivity index (χ0) is 24.1. The van der Waals surface area contributed by atoms with Gasteiger partial charge in [-0.15, -0.1) is 0 Å². The van der Waals surface area contributed by atoms with Crippen molar-refractivity contribution in [3.63, 3.8) is 0 Å². The van der Waals surface area contributed by atoms with E-state index in [0.29, 0.717) is 10.8 Å². The number of alkyl halides is 8. The van der Waals surface area contributed by atoms with Crippen LogP contribution in [0.4, 0.5) is 26.3 Å². The highest BCUT2D eigenvalue weighted by Gasteiger charge is 2.66. The molecule has 0 N–H and O–H groups in total. The Kier molecular flexibility index (Phi) is 6.04. The van der Waals surface area contributed by atoms with Crippen LogP contribution in [0, 0.1) is 0 Å². The lowest BCUT2D eigenvalue weighted by Gasteiger charge is -2.40. The minimum atomic E-state index is -5.26. The molecule has 33 heavy (non-hydrogen) atoms. The lowest BCUT2D eigenvalue weighted by molar-refractivity contribution is -0.313. The summed E-state index contributed by atoms with van der Waals surface area (Å²) in [5, 5.41) is 1.04. The van der Waals surface area contributed by atoms with Gasteiger partial charge in [0.25, 0.3) is 0 Å². The van der Waals surface area contributed by atoms with Gasteiger partial charge in [0.1, 0.15) is 0 Å². The Bertz CT molecular complexity index is 1210. The van der Waals surface area contributed by atoms with E-state index in [-0.39, 0.29) is 10.8 Å². The molecular formula is C24H14Br2F6O. The Morgan fingerprint density at radius 1 is 0.485 bits per heavy atom. The first-order valence-corrected chi connectivity index (χ1v) is 11.1. The Labute approximate surface area is 201 Å². The molecule has 9 heteroatoms. The summed E-state index contributed by atoms with van der Waals surface area (Å²) in [6.07, 6.45) is -10.5. The van der Waals surface area contributed by atoms with Crippen molar-refractivity contribution in [2.45, 2.75) is 21.4 Å². The molecule has 0 heterocycles. The zero-order valence-corrected chi connectivity index (χ0v) is 19.7. The molecule has 0 spiro atoms. The Morgan fingerprint density at radius 2 is 0.818 bits per heavy atom. The highest BCUT2D eigenvalue weighted by atomic mass is 79.9. The maximum absolute atomic E-state index is 14.5.